The molecule has 0 N–H and O–H groups in total. The van der Waals surface area contributed by atoms with Crippen molar-refractivity contribution in [3.63, 3.8) is 0 Å². The number of hydrogen-bond donors (Lipinski definition) is 0. The van der Waals surface area contributed by atoms with Gasteiger partial charge < -0.3 is 0 Å². The molecule has 126 valence electrons. The van der Waals surface area contributed by atoms with E-state index in [9.17, 15) is 0 Å². The zero-order valence-corrected chi connectivity index (χ0v) is 16.1. The Hall–Kier alpha value is -0.401. The van der Waals surface area contributed by atoms with Crippen molar-refractivity contribution in [2.45, 2.75) is 78.1 Å². The summed E-state index contributed by atoms with van der Waals surface area (Å²) >= 11 is 0.437. The minimum absolute atomic E-state index is 0.237. The molecule has 0 aliphatic carbocycles. The van der Waals surface area contributed by atoms with Crippen LogP contribution in [0.3, 0.4) is 0 Å². The quantitative estimate of drug-likeness (QED) is 0.403. The Morgan fingerprint density at radius 3 is 1.77 bits per heavy atom. The molecule has 0 aromatic carbocycles. The number of fused-ring (bicyclic) bond motifs is 1. The van der Waals surface area contributed by atoms with E-state index in [0.29, 0.717) is 14.5 Å². The zero-order chi connectivity index (χ0) is 15.7. The van der Waals surface area contributed by atoms with Crippen molar-refractivity contribution in [2.75, 3.05) is 13.2 Å². The van der Waals surface area contributed by atoms with Crippen molar-refractivity contribution >= 4 is 14.5 Å². The summed E-state index contributed by atoms with van der Waals surface area (Å²) < 4.78 is 12.3. The fraction of sp³-hybridized carbons (Fsp3) is 0.789. The van der Waals surface area contributed by atoms with E-state index in [-0.39, 0.29) is 5.41 Å². The molecule has 0 radical (unpaired) electrons. The first-order valence-electron chi connectivity index (χ1n) is 9.11. The fourth-order valence-corrected chi connectivity index (χ4v) is 4.69. The van der Waals surface area contributed by atoms with Gasteiger partial charge >= 0.3 is 142 Å². The molecule has 2 heterocycles. The standard InChI is InChI=1S/C19H32O2Se/c1-3-5-7-9-11-19(12-10-8-6-4-2)15-20-17-13-22-14-18(17)21-16-19/h13-14H,3-12,15-16H2,1-2H3. The van der Waals surface area contributed by atoms with E-state index >= 15 is 0 Å². The second-order valence-corrected chi connectivity index (χ2v) is 8.36. The summed E-state index contributed by atoms with van der Waals surface area (Å²) in [5, 5.41) is 0. The van der Waals surface area contributed by atoms with E-state index in [1.807, 2.05) is 0 Å². The van der Waals surface area contributed by atoms with Crippen molar-refractivity contribution in [1.82, 2.24) is 0 Å². The average Bonchev–Trinajstić information content (AvgIpc) is 2.92. The second kappa shape index (κ2) is 9.67. The first kappa shape index (κ1) is 17.9. The molecule has 22 heavy (non-hydrogen) atoms. The van der Waals surface area contributed by atoms with Gasteiger partial charge in [-0.1, -0.05) is 0 Å². The van der Waals surface area contributed by atoms with Crippen LogP contribution in [-0.2, 0) is 0 Å². The van der Waals surface area contributed by atoms with Gasteiger partial charge in [0.1, 0.15) is 0 Å². The van der Waals surface area contributed by atoms with E-state index in [0.717, 1.165) is 24.7 Å². The maximum atomic E-state index is 6.14. The SMILES string of the molecule is CCCCCCC1(CCCCCC)COc2c[se]cc2OC1. The van der Waals surface area contributed by atoms with Gasteiger partial charge in [0.15, 0.2) is 0 Å². The molecule has 1 aliphatic heterocycles. The third-order valence-corrected chi connectivity index (χ3v) is 6.25. The molecule has 1 aromatic rings. The first-order chi connectivity index (χ1) is 10.8. The molecule has 0 amide bonds. The van der Waals surface area contributed by atoms with E-state index in [1.54, 1.807) is 0 Å². The summed E-state index contributed by atoms with van der Waals surface area (Å²) in [6, 6.07) is 0. The van der Waals surface area contributed by atoms with Gasteiger partial charge in [0.2, 0.25) is 0 Å². The fourth-order valence-electron chi connectivity index (χ4n) is 3.25. The van der Waals surface area contributed by atoms with Gasteiger partial charge in [-0.15, -0.1) is 0 Å². The molecular formula is C19H32O2Se. The molecular weight excluding hydrogens is 339 g/mol. The molecule has 0 bridgehead atoms. The first-order valence-corrected chi connectivity index (χ1v) is 11.1. The third-order valence-electron chi connectivity index (χ3n) is 4.78. The van der Waals surface area contributed by atoms with Gasteiger partial charge in [0, 0.05) is 0 Å². The van der Waals surface area contributed by atoms with E-state index in [2.05, 4.69) is 23.7 Å². The van der Waals surface area contributed by atoms with Crippen LogP contribution in [0.2, 0.25) is 0 Å². The Kier molecular flexibility index (Phi) is 7.89. The van der Waals surface area contributed by atoms with E-state index in [1.165, 1.54) is 64.2 Å². The van der Waals surface area contributed by atoms with Crippen LogP contribution in [0.1, 0.15) is 78.1 Å². The van der Waals surface area contributed by atoms with Crippen LogP contribution in [0.25, 0.3) is 0 Å². The van der Waals surface area contributed by atoms with Crippen LogP contribution >= 0.6 is 0 Å². The van der Waals surface area contributed by atoms with Gasteiger partial charge in [-0.05, 0) is 0 Å². The number of rotatable bonds is 10. The van der Waals surface area contributed by atoms with Crippen LogP contribution < -0.4 is 9.47 Å². The summed E-state index contributed by atoms with van der Waals surface area (Å²) in [5.74, 6) is 2.04. The third kappa shape index (κ3) is 5.35. The molecule has 2 rings (SSSR count). The summed E-state index contributed by atoms with van der Waals surface area (Å²) in [4.78, 5) is 4.43. The van der Waals surface area contributed by atoms with Crippen molar-refractivity contribution in [3.05, 3.63) is 9.88 Å². The topological polar surface area (TPSA) is 18.5 Å². The summed E-state index contributed by atoms with van der Waals surface area (Å²) in [7, 11) is 0. The molecule has 0 spiro atoms. The van der Waals surface area contributed by atoms with E-state index < -0.39 is 0 Å². The van der Waals surface area contributed by atoms with Gasteiger partial charge in [-0.2, -0.15) is 0 Å². The molecule has 2 nitrogen and oxygen atoms in total. The van der Waals surface area contributed by atoms with Crippen molar-refractivity contribution < 1.29 is 9.47 Å². The Morgan fingerprint density at radius 1 is 0.818 bits per heavy atom. The van der Waals surface area contributed by atoms with E-state index in [4.69, 9.17) is 9.47 Å². The van der Waals surface area contributed by atoms with Crippen molar-refractivity contribution in [2.24, 2.45) is 5.41 Å². The normalized spacial score (nSPS) is 16.5. The molecule has 0 saturated heterocycles. The zero-order valence-electron chi connectivity index (χ0n) is 14.4. The number of ether oxygens (including phenoxy) is 2. The molecule has 1 aliphatic rings. The minimum atomic E-state index is 0.237. The van der Waals surface area contributed by atoms with Crippen molar-refractivity contribution in [3.8, 4) is 11.5 Å². The summed E-state index contributed by atoms with van der Waals surface area (Å²) in [6.07, 6.45) is 13.2. The van der Waals surface area contributed by atoms with Crippen LogP contribution in [-0.4, -0.2) is 27.7 Å². The molecule has 0 unspecified atom stereocenters. The van der Waals surface area contributed by atoms with Gasteiger partial charge in [0.25, 0.3) is 0 Å². The molecule has 0 atom stereocenters. The molecule has 1 aromatic heterocycles. The van der Waals surface area contributed by atoms with Crippen molar-refractivity contribution in [1.29, 1.82) is 0 Å². The Balaban J connectivity index is 1.90. The van der Waals surface area contributed by atoms with Gasteiger partial charge in [-0.3, -0.25) is 0 Å². The Bertz CT molecular complexity index is 377. The predicted molar refractivity (Wildman–Crippen MR) is 94.3 cm³/mol. The summed E-state index contributed by atoms with van der Waals surface area (Å²) in [5.41, 5.74) is 0.237. The van der Waals surface area contributed by atoms with Gasteiger partial charge in [-0.25, -0.2) is 0 Å². The Morgan fingerprint density at radius 2 is 1.32 bits per heavy atom. The second-order valence-electron chi connectivity index (χ2n) is 6.80. The van der Waals surface area contributed by atoms with Crippen LogP contribution in [0.5, 0.6) is 11.5 Å². The van der Waals surface area contributed by atoms with Crippen LogP contribution in [0, 0.1) is 5.41 Å². The van der Waals surface area contributed by atoms with Gasteiger partial charge in [0.05, 0.1) is 0 Å². The average molecular weight is 371 g/mol. The Labute approximate surface area is 142 Å². The molecule has 0 fully saturated rings. The summed E-state index contributed by atoms with van der Waals surface area (Å²) in [6.45, 7) is 6.26. The number of unbranched alkanes of at least 4 members (excludes halogenated alkanes) is 6. The molecule has 0 saturated carbocycles. The van der Waals surface area contributed by atoms with Crippen LogP contribution in [0.15, 0.2) is 9.88 Å². The monoisotopic (exact) mass is 372 g/mol. The predicted octanol–water partition coefficient (Wildman–Crippen LogP) is 5.44. The maximum absolute atomic E-state index is 6.14. The van der Waals surface area contributed by atoms with Crippen LogP contribution in [0.4, 0.5) is 0 Å². The number of hydrogen-bond acceptors (Lipinski definition) is 2. The molecule has 3 heteroatoms.